The van der Waals surface area contributed by atoms with E-state index in [9.17, 15) is 0 Å². The molecule has 0 aliphatic rings. The summed E-state index contributed by atoms with van der Waals surface area (Å²) in [5, 5.41) is 0. The summed E-state index contributed by atoms with van der Waals surface area (Å²) in [7, 11) is 0. The predicted molar refractivity (Wildman–Crippen MR) is 36.1 cm³/mol. The van der Waals surface area contributed by atoms with Crippen molar-refractivity contribution in [3.8, 4) is 0 Å². The lowest BCUT2D eigenvalue weighted by molar-refractivity contribution is 1.62. The summed E-state index contributed by atoms with van der Waals surface area (Å²) in [5.74, 6) is 0. The van der Waals surface area contributed by atoms with Crippen LogP contribution in [0.25, 0.3) is 4.85 Å². The van der Waals surface area contributed by atoms with E-state index in [0.717, 1.165) is 0 Å². The molecule has 0 N–H and O–H groups in total. The average Bonchev–Trinajstić information content (AvgIpc) is 1.88. The van der Waals surface area contributed by atoms with Gasteiger partial charge in [0.1, 0.15) is 0 Å². The molecule has 0 atom stereocenters. The molecule has 2 radical (unpaired) electrons. The summed E-state index contributed by atoms with van der Waals surface area (Å²) in [6.07, 6.45) is 0. The Morgan fingerprint density at radius 1 is 1.44 bits per heavy atom. The number of hydrogen-bond donors (Lipinski definition) is 0. The van der Waals surface area contributed by atoms with Crippen LogP contribution in [0.3, 0.4) is 0 Å². The molecule has 0 unspecified atom stereocenters. The van der Waals surface area contributed by atoms with Gasteiger partial charge in [0.2, 0.25) is 0 Å². The van der Waals surface area contributed by atoms with Gasteiger partial charge in [-0.05, 0) is 6.92 Å². The molecule has 0 aromatic heterocycles. The molecule has 0 aliphatic carbocycles. The van der Waals surface area contributed by atoms with Crippen molar-refractivity contribution in [1.29, 1.82) is 0 Å². The molecule has 0 saturated carbocycles. The van der Waals surface area contributed by atoms with Gasteiger partial charge in [-0.25, -0.2) is 4.85 Å². The van der Waals surface area contributed by atoms with Crippen molar-refractivity contribution in [3.63, 3.8) is 0 Å². The first-order valence-electron chi connectivity index (χ1n) is 2.56. The van der Waals surface area contributed by atoms with Gasteiger partial charge in [-0.1, -0.05) is 29.8 Å². The molecule has 1 aromatic rings. The van der Waals surface area contributed by atoms with E-state index in [1.54, 1.807) is 24.3 Å². The third-order valence-electron chi connectivity index (χ3n) is 0.999. The standard InChI is InChI=1S/C8H5N/c1-7-4-3-5-8(6-7)9-2/h1,3-6H. The highest BCUT2D eigenvalue weighted by Gasteiger charge is 1.86. The van der Waals surface area contributed by atoms with Gasteiger partial charge in [0.25, 0.3) is 0 Å². The Morgan fingerprint density at radius 3 is 2.67 bits per heavy atom. The molecule has 0 aliphatic heterocycles. The zero-order valence-electron chi connectivity index (χ0n) is 4.83. The minimum Gasteiger partial charge on any atom is -0.238 e. The monoisotopic (exact) mass is 115 g/mol. The molecule has 0 amide bonds. The van der Waals surface area contributed by atoms with Crippen molar-refractivity contribution >= 4 is 5.69 Å². The molecule has 0 bridgehead atoms. The largest absolute Gasteiger partial charge is 0.238 e. The van der Waals surface area contributed by atoms with Crippen LogP contribution in [0.15, 0.2) is 24.3 Å². The molecular weight excluding hydrogens is 110 g/mol. The molecule has 42 valence electrons. The van der Waals surface area contributed by atoms with Crippen LogP contribution < -0.4 is 0 Å². The first-order chi connectivity index (χ1) is 4.33. The second kappa shape index (κ2) is 2.32. The maximum absolute atomic E-state index is 6.61. The smallest absolute Gasteiger partial charge is 0.187 e. The molecule has 1 rings (SSSR count). The summed E-state index contributed by atoms with van der Waals surface area (Å²) in [5.41, 5.74) is 1.23. The highest BCUT2D eigenvalue weighted by molar-refractivity contribution is 5.47. The van der Waals surface area contributed by atoms with Crippen LogP contribution in [-0.4, -0.2) is 0 Å². The summed E-state index contributed by atoms with van der Waals surface area (Å²) in [6.45, 7) is 12.0. The van der Waals surface area contributed by atoms with Crippen LogP contribution in [0.1, 0.15) is 5.56 Å². The second-order valence-electron chi connectivity index (χ2n) is 1.71. The number of rotatable bonds is 0. The SMILES string of the molecule is [C-]#[N+]c1cccc([CH])c1. The van der Waals surface area contributed by atoms with E-state index in [4.69, 9.17) is 13.5 Å². The van der Waals surface area contributed by atoms with Crippen LogP contribution >= 0.6 is 0 Å². The highest BCUT2D eigenvalue weighted by atomic mass is 14.6. The Hall–Kier alpha value is -1.29. The molecule has 0 spiro atoms. The molecule has 9 heavy (non-hydrogen) atoms. The van der Waals surface area contributed by atoms with Gasteiger partial charge < -0.3 is 0 Å². The summed E-state index contributed by atoms with van der Waals surface area (Å²) in [6, 6.07) is 6.90. The van der Waals surface area contributed by atoms with Gasteiger partial charge in [0, 0.05) is 0 Å². The molecule has 0 saturated heterocycles. The Bertz CT molecular complexity index is 245. The molecule has 1 heteroatoms. The highest BCUT2D eigenvalue weighted by Crippen LogP contribution is 2.11. The van der Waals surface area contributed by atoms with Crippen molar-refractivity contribution in [2.75, 3.05) is 0 Å². The fourth-order valence-corrected chi connectivity index (χ4v) is 0.594. The Labute approximate surface area is 54.8 Å². The lowest BCUT2D eigenvalue weighted by Crippen LogP contribution is -1.65. The van der Waals surface area contributed by atoms with Crippen molar-refractivity contribution in [1.82, 2.24) is 0 Å². The van der Waals surface area contributed by atoms with Gasteiger partial charge in [-0.2, -0.15) is 0 Å². The van der Waals surface area contributed by atoms with E-state index in [2.05, 4.69) is 4.85 Å². The van der Waals surface area contributed by atoms with Gasteiger partial charge in [0.05, 0.1) is 6.57 Å². The molecule has 1 nitrogen and oxygen atoms in total. The Kier molecular flexibility index (Phi) is 1.51. The molecule has 0 fully saturated rings. The van der Waals surface area contributed by atoms with E-state index in [1.807, 2.05) is 0 Å². The summed E-state index contributed by atoms with van der Waals surface area (Å²) >= 11 is 0. The fraction of sp³-hybridized carbons (Fsp3) is 0. The van der Waals surface area contributed by atoms with E-state index < -0.39 is 0 Å². The van der Waals surface area contributed by atoms with E-state index >= 15 is 0 Å². The lowest BCUT2D eigenvalue weighted by atomic mass is 10.2. The maximum atomic E-state index is 6.61. The summed E-state index contributed by atoms with van der Waals surface area (Å²) in [4.78, 5) is 3.20. The van der Waals surface area contributed by atoms with Crippen molar-refractivity contribution in [3.05, 3.63) is 48.2 Å². The van der Waals surface area contributed by atoms with Crippen LogP contribution in [0.5, 0.6) is 0 Å². The summed E-state index contributed by atoms with van der Waals surface area (Å²) < 4.78 is 0. The van der Waals surface area contributed by atoms with Crippen molar-refractivity contribution in [2.24, 2.45) is 0 Å². The zero-order valence-corrected chi connectivity index (χ0v) is 4.83. The van der Waals surface area contributed by atoms with Gasteiger partial charge in [-0.3, -0.25) is 0 Å². The van der Waals surface area contributed by atoms with Crippen LogP contribution in [0.4, 0.5) is 5.69 Å². The van der Waals surface area contributed by atoms with Crippen LogP contribution in [-0.2, 0) is 0 Å². The fourth-order valence-electron chi connectivity index (χ4n) is 0.594. The quantitative estimate of drug-likeness (QED) is 0.457. The normalized spacial score (nSPS) is 8.44. The second-order valence-corrected chi connectivity index (χ2v) is 1.71. The average molecular weight is 115 g/mol. The molecular formula is C8H5N. The van der Waals surface area contributed by atoms with Gasteiger partial charge in [0.15, 0.2) is 5.69 Å². The predicted octanol–water partition coefficient (Wildman–Crippen LogP) is 2.30. The van der Waals surface area contributed by atoms with Gasteiger partial charge in [-0.15, -0.1) is 0 Å². The Morgan fingerprint density at radius 2 is 2.22 bits per heavy atom. The lowest BCUT2D eigenvalue weighted by Gasteiger charge is -1.88. The maximum Gasteiger partial charge on any atom is 0.187 e. The van der Waals surface area contributed by atoms with Crippen LogP contribution in [0.2, 0.25) is 0 Å². The topological polar surface area (TPSA) is 4.36 Å². The van der Waals surface area contributed by atoms with E-state index in [-0.39, 0.29) is 0 Å². The van der Waals surface area contributed by atoms with Crippen molar-refractivity contribution in [2.45, 2.75) is 0 Å². The molecule has 0 heterocycles. The third-order valence-corrected chi connectivity index (χ3v) is 0.999. The number of nitrogens with zero attached hydrogens (tertiary/aromatic N) is 1. The first kappa shape index (κ1) is 5.84. The van der Waals surface area contributed by atoms with Crippen molar-refractivity contribution < 1.29 is 0 Å². The van der Waals surface area contributed by atoms with E-state index in [1.165, 1.54) is 0 Å². The third kappa shape index (κ3) is 1.30. The minimum absolute atomic E-state index is 0.593. The number of hydrogen-bond acceptors (Lipinski definition) is 0. The van der Waals surface area contributed by atoms with Crippen LogP contribution in [0, 0.1) is 13.5 Å². The van der Waals surface area contributed by atoms with Gasteiger partial charge >= 0.3 is 0 Å². The van der Waals surface area contributed by atoms with E-state index in [0.29, 0.717) is 11.3 Å². The number of benzene rings is 1. The zero-order chi connectivity index (χ0) is 6.69. The molecule has 1 aromatic carbocycles. The Balaban J connectivity index is 3.12. The first-order valence-corrected chi connectivity index (χ1v) is 2.56. The minimum atomic E-state index is 0.593.